The number of rotatable bonds is 7. The molecule has 0 saturated heterocycles. The number of halogens is 1. The van der Waals surface area contributed by atoms with Gasteiger partial charge in [0.25, 0.3) is 0 Å². The second kappa shape index (κ2) is 8.79. The SMILES string of the molecule is CCN(CC(=O)Nc1cc(Cl)ccc1C)Cc1nc(-c2ccccc2)no1. The Kier molecular flexibility index (Phi) is 6.21. The highest BCUT2D eigenvalue weighted by Gasteiger charge is 2.15. The zero-order chi connectivity index (χ0) is 19.2. The molecule has 140 valence electrons. The number of carbonyl (C=O) groups is 1. The van der Waals surface area contributed by atoms with Crippen molar-refractivity contribution in [2.45, 2.75) is 20.4 Å². The summed E-state index contributed by atoms with van der Waals surface area (Å²) in [5.41, 5.74) is 2.57. The maximum absolute atomic E-state index is 12.4. The van der Waals surface area contributed by atoms with E-state index in [1.54, 1.807) is 12.1 Å². The highest BCUT2D eigenvalue weighted by molar-refractivity contribution is 6.31. The standard InChI is InChI=1S/C20H21ClN4O2/c1-3-25(12-18(26)22-17-11-16(21)10-9-14(17)2)13-19-23-20(24-27-19)15-7-5-4-6-8-15/h4-11H,3,12-13H2,1-2H3,(H,22,26). The summed E-state index contributed by atoms with van der Waals surface area (Å²) >= 11 is 6.00. The maximum atomic E-state index is 12.4. The Labute approximate surface area is 163 Å². The van der Waals surface area contributed by atoms with Crippen molar-refractivity contribution in [3.8, 4) is 11.4 Å². The van der Waals surface area contributed by atoms with Gasteiger partial charge in [-0.3, -0.25) is 9.69 Å². The van der Waals surface area contributed by atoms with E-state index >= 15 is 0 Å². The number of carbonyl (C=O) groups excluding carboxylic acids is 1. The van der Waals surface area contributed by atoms with Crippen LogP contribution in [0.1, 0.15) is 18.4 Å². The van der Waals surface area contributed by atoms with E-state index in [4.69, 9.17) is 16.1 Å². The van der Waals surface area contributed by atoms with Crippen molar-refractivity contribution in [3.63, 3.8) is 0 Å². The van der Waals surface area contributed by atoms with Crippen molar-refractivity contribution in [1.82, 2.24) is 15.0 Å². The van der Waals surface area contributed by atoms with Crippen molar-refractivity contribution < 1.29 is 9.32 Å². The molecule has 1 N–H and O–H groups in total. The third-order valence-corrected chi connectivity index (χ3v) is 4.38. The van der Waals surface area contributed by atoms with Gasteiger partial charge in [0.1, 0.15) is 0 Å². The number of benzene rings is 2. The number of likely N-dealkylation sites (N-methyl/N-ethyl adjacent to an activating group) is 1. The van der Waals surface area contributed by atoms with Gasteiger partial charge in [-0.15, -0.1) is 0 Å². The molecular formula is C20H21ClN4O2. The number of hydrogen-bond acceptors (Lipinski definition) is 5. The van der Waals surface area contributed by atoms with Crippen LogP contribution in [0.4, 0.5) is 5.69 Å². The molecule has 6 nitrogen and oxygen atoms in total. The fraction of sp³-hybridized carbons (Fsp3) is 0.250. The fourth-order valence-corrected chi connectivity index (χ4v) is 2.79. The molecule has 0 aliphatic carbocycles. The molecule has 0 spiro atoms. The summed E-state index contributed by atoms with van der Waals surface area (Å²) < 4.78 is 5.33. The number of anilines is 1. The molecule has 0 bridgehead atoms. The van der Waals surface area contributed by atoms with Crippen LogP contribution in [0.25, 0.3) is 11.4 Å². The number of nitrogens with one attached hydrogen (secondary N) is 1. The quantitative estimate of drug-likeness (QED) is 0.662. The van der Waals surface area contributed by atoms with Gasteiger partial charge in [0.15, 0.2) is 0 Å². The molecule has 1 aromatic heterocycles. The van der Waals surface area contributed by atoms with Crippen molar-refractivity contribution in [1.29, 1.82) is 0 Å². The highest BCUT2D eigenvalue weighted by Crippen LogP contribution is 2.20. The Hall–Kier alpha value is -2.70. The fourth-order valence-electron chi connectivity index (χ4n) is 2.62. The van der Waals surface area contributed by atoms with E-state index < -0.39 is 0 Å². The average molecular weight is 385 g/mol. The molecule has 1 amide bonds. The number of aryl methyl sites for hydroxylation is 1. The summed E-state index contributed by atoms with van der Waals surface area (Å²) in [6.07, 6.45) is 0. The van der Waals surface area contributed by atoms with Crippen molar-refractivity contribution in [3.05, 3.63) is 65.0 Å². The molecule has 7 heteroatoms. The zero-order valence-corrected chi connectivity index (χ0v) is 16.0. The second-order valence-corrected chi connectivity index (χ2v) is 6.62. The minimum absolute atomic E-state index is 0.120. The Bertz CT molecular complexity index is 911. The van der Waals surface area contributed by atoms with Gasteiger partial charge in [0.2, 0.25) is 17.6 Å². The first-order valence-corrected chi connectivity index (χ1v) is 9.09. The smallest absolute Gasteiger partial charge is 0.241 e. The minimum Gasteiger partial charge on any atom is -0.338 e. The van der Waals surface area contributed by atoms with Crippen LogP contribution >= 0.6 is 11.6 Å². The largest absolute Gasteiger partial charge is 0.338 e. The summed E-state index contributed by atoms with van der Waals surface area (Å²) in [4.78, 5) is 18.7. The Balaban J connectivity index is 1.61. The number of hydrogen-bond donors (Lipinski definition) is 1. The minimum atomic E-state index is -0.120. The van der Waals surface area contributed by atoms with Gasteiger partial charge in [-0.1, -0.05) is 60.1 Å². The lowest BCUT2D eigenvalue weighted by Crippen LogP contribution is -2.33. The van der Waals surface area contributed by atoms with E-state index in [1.165, 1.54) is 0 Å². The van der Waals surface area contributed by atoms with Crippen molar-refractivity contribution >= 4 is 23.2 Å². The maximum Gasteiger partial charge on any atom is 0.241 e. The van der Waals surface area contributed by atoms with Crippen LogP contribution < -0.4 is 5.32 Å². The monoisotopic (exact) mass is 384 g/mol. The number of aromatic nitrogens is 2. The summed E-state index contributed by atoms with van der Waals surface area (Å²) in [6, 6.07) is 15.0. The lowest BCUT2D eigenvalue weighted by molar-refractivity contribution is -0.117. The summed E-state index contributed by atoms with van der Waals surface area (Å²) in [5.74, 6) is 0.896. The topological polar surface area (TPSA) is 71.3 Å². The van der Waals surface area contributed by atoms with E-state index in [9.17, 15) is 4.79 Å². The molecule has 27 heavy (non-hydrogen) atoms. The van der Waals surface area contributed by atoms with Crippen LogP contribution in [0, 0.1) is 6.92 Å². The van der Waals surface area contributed by atoms with Crippen LogP contribution in [0.3, 0.4) is 0 Å². The normalized spacial score (nSPS) is 11.0. The Morgan fingerprint density at radius 1 is 1.22 bits per heavy atom. The van der Waals surface area contributed by atoms with Crippen LogP contribution in [0.5, 0.6) is 0 Å². The van der Waals surface area contributed by atoms with Crippen LogP contribution in [0.15, 0.2) is 53.1 Å². The molecule has 1 heterocycles. The van der Waals surface area contributed by atoms with Crippen LogP contribution in [-0.4, -0.2) is 34.0 Å². The predicted octanol–water partition coefficient (Wildman–Crippen LogP) is 4.16. The highest BCUT2D eigenvalue weighted by atomic mass is 35.5. The first-order valence-electron chi connectivity index (χ1n) is 8.71. The van der Waals surface area contributed by atoms with E-state index in [0.717, 1.165) is 11.1 Å². The molecule has 3 rings (SSSR count). The summed E-state index contributed by atoms with van der Waals surface area (Å²) in [7, 11) is 0. The van der Waals surface area contributed by atoms with Gasteiger partial charge in [-0.25, -0.2) is 0 Å². The van der Waals surface area contributed by atoms with Gasteiger partial charge >= 0.3 is 0 Å². The number of amides is 1. The van der Waals surface area contributed by atoms with E-state index in [-0.39, 0.29) is 12.5 Å². The van der Waals surface area contributed by atoms with Gasteiger partial charge in [0.05, 0.1) is 13.1 Å². The van der Waals surface area contributed by atoms with Gasteiger partial charge < -0.3 is 9.84 Å². The molecule has 0 fully saturated rings. The molecule has 0 atom stereocenters. The Morgan fingerprint density at radius 3 is 2.74 bits per heavy atom. The summed E-state index contributed by atoms with van der Waals surface area (Å²) in [6.45, 7) is 5.19. The first kappa shape index (κ1) is 19.1. The third kappa shape index (κ3) is 5.15. The molecular weight excluding hydrogens is 364 g/mol. The molecule has 0 aliphatic rings. The zero-order valence-electron chi connectivity index (χ0n) is 15.3. The van der Waals surface area contributed by atoms with Gasteiger partial charge in [-0.2, -0.15) is 4.98 Å². The van der Waals surface area contributed by atoms with Crippen molar-refractivity contribution in [2.75, 3.05) is 18.4 Å². The predicted molar refractivity (Wildman–Crippen MR) is 106 cm³/mol. The van der Waals surface area contributed by atoms with Crippen molar-refractivity contribution in [2.24, 2.45) is 0 Å². The van der Waals surface area contributed by atoms with E-state index in [0.29, 0.717) is 35.5 Å². The number of nitrogens with zero attached hydrogens (tertiary/aromatic N) is 3. The van der Waals surface area contributed by atoms with E-state index in [2.05, 4.69) is 15.5 Å². The third-order valence-electron chi connectivity index (χ3n) is 4.15. The van der Waals surface area contributed by atoms with E-state index in [1.807, 2.05) is 55.1 Å². The van der Waals surface area contributed by atoms with Gasteiger partial charge in [-0.05, 0) is 31.2 Å². The molecule has 2 aromatic carbocycles. The molecule has 3 aromatic rings. The van der Waals surface area contributed by atoms with Crippen LogP contribution in [0.2, 0.25) is 5.02 Å². The lowest BCUT2D eigenvalue weighted by Gasteiger charge is -2.18. The lowest BCUT2D eigenvalue weighted by atomic mass is 10.2. The second-order valence-electron chi connectivity index (χ2n) is 6.19. The molecule has 0 saturated carbocycles. The molecule has 0 unspecified atom stereocenters. The molecule has 0 radical (unpaired) electrons. The summed E-state index contributed by atoms with van der Waals surface area (Å²) in [5, 5.41) is 7.50. The molecule has 0 aliphatic heterocycles. The average Bonchev–Trinajstić information content (AvgIpc) is 3.13. The Morgan fingerprint density at radius 2 is 2.00 bits per heavy atom. The van der Waals surface area contributed by atoms with Crippen LogP contribution in [-0.2, 0) is 11.3 Å². The first-order chi connectivity index (χ1) is 13.0. The van der Waals surface area contributed by atoms with Gasteiger partial charge in [0, 0.05) is 16.3 Å².